The summed E-state index contributed by atoms with van der Waals surface area (Å²) in [4.78, 5) is 5.60. The molecule has 0 aliphatic rings. The van der Waals surface area contributed by atoms with E-state index in [1.54, 1.807) is 11.3 Å². The van der Waals surface area contributed by atoms with Crippen molar-refractivity contribution in [3.8, 4) is 0 Å². The maximum atomic E-state index is 5.83. The first-order valence-electron chi connectivity index (χ1n) is 6.83. The molecule has 1 atom stereocenters. The summed E-state index contributed by atoms with van der Waals surface area (Å²) in [6.07, 6.45) is 3.65. The van der Waals surface area contributed by atoms with Gasteiger partial charge >= 0.3 is 0 Å². The van der Waals surface area contributed by atoms with Gasteiger partial charge in [0.05, 0.1) is 23.9 Å². The summed E-state index contributed by atoms with van der Waals surface area (Å²) in [5.74, 6) is 0. The SMILES string of the molecule is Cc1ncsc1CCOC(C)CCCNC(C)C. The molecule has 0 aromatic carbocycles. The van der Waals surface area contributed by atoms with Gasteiger partial charge in [0.15, 0.2) is 0 Å². The Kier molecular flexibility index (Phi) is 7.47. The van der Waals surface area contributed by atoms with Gasteiger partial charge < -0.3 is 10.1 Å². The minimum atomic E-state index is 0.354. The summed E-state index contributed by atoms with van der Waals surface area (Å²) >= 11 is 1.72. The van der Waals surface area contributed by atoms with Gasteiger partial charge in [0, 0.05) is 17.3 Å². The number of aryl methyl sites for hydroxylation is 1. The van der Waals surface area contributed by atoms with E-state index < -0.39 is 0 Å². The topological polar surface area (TPSA) is 34.1 Å². The van der Waals surface area contributed by atoms with Crippen LogP contribution in [0.25, 0.3) is 0 Å². The Hall–Kier alpha value is -0.450. The quantitative estimate of drug-likeness (QED) is 0.700. The predicted octanol–water partition coefficient (Wildman–Crippen LogP) is 3.18. The second-order valence-electron chi connectivity index (χ2n) is 5.04. The fraction of sp³-hybridized carbons (Fsp3) is 0.786. The number of hydrogen-bond donors (Lipinski definition) is 1. The Labute approximate surface area is 115 Å². The lowest BCUT2D eigenvalue weighted by atomic mass is 10.2. The van der Waals surface area contributed by atoms with Crippen molar-refractivity contribution in [1.82, 2.24) is 10.3 Å². The first-order chi connectivity index (χ1) is 8.59. The number of thiazole rings is 1. The van der Waals surface area contributed by atoms with Crippen LogP contribution in [0.4, 0.5) is 0 Å². The number of nitrogens with zero attached hydrogens (tertiary/aromatic N) is 1. The van der Waals surface area contributed by atoms with Gasteiger partial charge in [0.1, 0.15) is 0 Å². The zero-order chi connectivity index (χ0) is 13.4. The van der Waals surface area contributed by atoms with Crippen LogP contribution in [-0.2, 0) is 11.2 Å². The van der Waals surface area contributed by atoms with Crippen molar-refractivity contribution < 1.29 is 4.74 Å². The van der Waals surface area contributed by atoms with Crippen LogP contribution in [0, 0.1) is 6.92 Å². The smallest absolute Gasteiger partial charge is 0.0797 e. The molecule has 0 saturated heterocycles. The molecule has 18 heavy (non-hydrogen) atoms. The van der Waals surface area contributed by atoms with E-state index in [0.29, 0.717) is 12.1 Å². The second-order valence-corrected chi connectivity index (χ2v) is 5.98. The average molecular weight is 270 g/mol. The third-order valence-electron chi connectivity index (χ3n) is 2.92. The summed E-state index contributed by atoms with van der Waals surface area (Å²) in [6.45, 7) is 10.5. The predicted molar refractivity (Wildman–Crippen MR) is 78.3 cm³/mol. The van der Waals surface area contributed by atoms with Crippen molar-refractivity contribution >= 4 is 11.3 Å². The number of ether oxygens (including phenoxy) is 1. The molecule has 1 unspecified atom stereocenters. The average Bonchev–Trinajstić information content (AvgIpc) is 2.70. The molecule has 0 aliphatic heterocycles. The van der Waals surface area contributed by atoms with Crippen molar-refractivity contribution in [3.05, 3.63) is 16.1 Å². The van der Waals surface area contributed by atoms with Crippen LogP contribution >= 0.6 is 11.3 Å². The first kappa shape index (κ1) is 15.6. The van der Waals surface area contributed by atoms with Crippen LogP contribution in [-0.4, -0.2) is 30.3 Å². The third-order valence-corrected chi connectivity index (χ3v) is 3.91. The molecule has 4 heteroatoms. The van der Waals surface area contributed by atoms with E-state index in [-0.39, 0.29) is 0 Å². The van der Waals surface area contributed by atoms with E-state index in [0.717, 1.165) is 31.7 Å². The second kappa shape index (κ2) is 8.62. The van der Waals surface area contributed by atoms with E-state index in [9.17, 15) is 0 Å². The lowest BCUT2D eigenvalue weighted by Crippen LogP contribution is -2.24. The Morgan fingerprint density at radius 2 is 2.17 bits per heavy atom. The summed E-state index contributed by atoms with van der Waals surface area (Å²) < 4.78 is 5.83. The van der Waals surface area contributed by atoms with E-state index in [1.807, 2.05) is 5.51 Å². The Morgan fingerprint density at radius 3 is 2.78 bits per heavy atom. The zero-order valence-electron chi connectivity index (χ0n) is 12.0. The van der Waals surface area contributed by atoms with E-state index >= 15 is 0 Å². The summed E-state index contributed by atoms with van der Waals surface area (Å²) in [6, 6.07) is 0.579. The highest BCUT2D eigenvalue weighted by Gasteiger charge is 2.05. The summed E-state index contributed by atoms with van der Waals surface area (Å²) in [5, 5.41) is 3.42. The van der Waals surface area contributed by atoms with Crippen LogP contribution in [0.3, 0.4) is 0 Å². The molecule has 104 valence electrons. The number of rotatable bonds is 9. The number of aromatic nitrogens is 1. The number of hydrogen-bond acceptors (Lipinski definition) is 4. The molecule has 3 nitrogen and oxygen atoms in total. The summed E-state index contributed by atoms with van der Waals surface area (Å²) in [5.41, 5.74) is 3.06. The zero-order valence-corrected chi connectivity index (χ0v) is 12.8. The molecule has 1 aromatic heterocycles. The van der Waals surface area contributed by atoms with Crippen molar-refractivity contribution in [2.24, 2.45) is 0 Å². The molecule has 1 heterocycles. The Bertz CT molecular complexity index is 325. The van der Waals surface area contributed by atoms with Gasteiger partial charge in [-0.15, -0.1) is 11.3 Å². The molecular formula is C14H26N2OS. The Morgan fingerprint density at radius 1 is 1.39 bits per heavy atom. The molecule has 0 saturated carbocycles. The maximum Gasteiger partial charge on any atom is 0.0797 e. The van der Waals surface area contributed by atoms with Gasteiger partial charge in [0.25, 0.3) is 0 Å². The van der Waals surface area contributed by atoms with Gasteiger partial charge in [-0.25, -0.2) is 4.98 Å². The van der Waals surface area contributed by atoms with Crippen molar-refractivity contribution in [2.75, 3.05) is 13.2 Å². The van der Waals surface area contributed by atoms with Crippen LogP contribution < -0.4 is 5.32 Å². The summed E-state index contributed by atoms with van der Waals surface area (Å²) in [7, 11) is 0. The minimum absolute atomic E-state index is 0.354. The molecule has 0 fully saturated rings. The Balaban J connectivity index is 2.03. The standard InChI is InChI=1S/C14H26N2OS/c1-11(2)15-8-5-6-12(3)17-9-7-14-13(4)16-10-18-14/h10-12,15H,5-9H2,1-4H3. The molecule has 1 aromatic rings. The highest BCUT2D eigenvalue weighted by atomic mass is 32.1. The molecular weight excluding hydrogens is 244 g/mol. The third kappa shape index (κ3) is 6.47. The highest BCUT2D eigenvalue weighted by Crippen LogP contribution is 2.13. The monoisotopic (exact) mass is 270 g/mol. The molecule has 1 rings (SSSR count). The molecule has 1 N–H and O–H groups in total. The maximum absolute atomic E-state index is 5.83. The molecule has 0 radical (unpaired) electrons. The van der Waals surface area contributed by atoms with E-state index in [1.165, 1.54) is 11.3 Å². The fourth-order valence-corrected chi connectivity index (χ4v) is 2.55. The van der Waals surface area contributed by atoms with Crippen molar-refractivity contribution in [2.45, 2.75) is 59.1 Å². The van der Waals surface area contributed by atoms with Crippen LogP contribution in [0.1, 0.15) is 44.2 Å². The van der Waals surface area contributed by atoms with E-state index in [4.69, 9.17) is 4.74 Å². The van der Waals surface area contributed by atoms with Crippen LogP contribution in [0.2, 0.25) is 0 Å². The van der Waals surface area contributed by atoms with Gasteiger partial charge in [-0.3, -0.25) is 0 Å². The van der Waals surface area contributed by atoms with E-state index in [2.05, 4.69) is 38.0 Å². The molecule has 0 amide bonds. The number of nitrogens with one attached hydrogen (secondary N) is 1. The normalized spacial score (nSPS) is 13.2. The van der Waals surface area contributed by atoms with Crippen LogP contribution in [0.15, 0.2) is 5.51 Å². The lowest BCUT2D eigenvalue weighted by Gasteiger charge is -2.14. The van der Waals surface area contributed by atoms with Gasteiger partial charge in [-0.1, -0.05) is 13.8 Å². The largest absolute Gasteiger partial charge is 0.378 e. The highest BCUT2D eigenvalue weighted by molar-refractivity contribution is 7.09. The first-order valence-corrected chi connectivity index (χ1v) is 7.71. The van der Waals surface area contributed by atoms with Gasteiger partial charge in [0.2, 0.25) is 0 Å². The lowest BCUT2D eigenvalue weighted by molar-refractivity contribution is 0.0613. The molecule has 0 spiro atoms. The minimum Gasteiger partial charge on any atom is -0.378 e. The van der Waals surface area contributed by atoms with Crippen molar-refractivity contribution in [1.29, 1.82) is 0 Å². The van der Waals surface area contributed by atoms with Crippen LogP contribution in [0.5, 0.6) is 0 Å². The molecule has 0 bridgehead atoms. The molecule has 0 aliphatic carbocycles. The fourth-order valence-electron chi connectivity index (χ4n) is 1.78. The van der Waals surface area contributed by atoms with Crippen molar-refractivity contribution in [3.63, 3.8) is 0 Å². The van der Waals surface area contributed by atoms with Gasteiger partial charge in [-0.2, -0.15) is 0 Å². The van der Waals surface area contributed by atoms with Gasteiger partial charge in [-0.05, 0) is 33.2 Å².